The Labute approximate surface area is 92.1 Å². The molecule has 0 aliphatic carbocycles. The van der Waals surface area contributed by atoms with Crippen molar-refractivity contribution in [2.75, 3.05) is 0 Å². The largest absolute Gasteiger partial charge is 0.433 e. The first-order valence-corrected chi connectivity index (χ1v) is 4.85. The van der Waals surface area contributed by atoms with Crippen molar-refractivity contribution in [2.45, 2.75) is 13.1 Å². The Morgan fingerprint density at radius 1 is 1.44 bits per heavy atom. The highest BCUT2D eigenvalue weighted by molar-refractivity contribution is 7.16. The number of alkyl halides is 3. The van der Waals surface area contributed by atoms with Gasteiger partial charge in [-0.2, -0.15) is 22.8 Å². The lowest BCUT2D eigenvalue weighted by atomic mass is 9.95. The molecule has 0 aliphatic rings. The molecule has 0 spiro atoms. The van der Waals surface area contributed by atoms with Crippen LogP contribution in [-0.4, -0.2) is 22.4 Å². The van der Waals surface area contributed by atoms with E-state index in [9.17, 15) is 18.0 Å². The van der Waals surface area contributed by atoms with Crippen molar-refractivity contribution in [3.8, 4) is 0 Å². The van der Waals surface area contributed by atoms with Crippen molar-refractivity contribution in [1.82, 2.24) is 14.6 Å². The maximum atomic E-state index is 12.5. The predicted molar refractivity (Wildman–Crippen MR) is 52.3 cm³/mol. The molecular formula is C7H3BF3N3OS. The Hall–Kier alpha value is -1.38. The van der Waals surface area contributed by atoms with Crippen LogP contribution in [0, 0.1) is 6.92 Å². The molecule has 9 heteroatoms. The molecule has 0 atom stereocenters. The SMILES string of the molecule is [B]c1c(C(F)(F)F)nc2sc(C)nn2c1=O. The Bertz CT molecular complexity index is 618. The second-order valence-electron chi connectivity index (χ2n) is 2.99. The number of fused-ring (bicyclic) bond motifs is 1. The van der Waals surface area contributed by atoms with Gasteiger partial charge in [-0.3, -0.25) is 4.79 Å². The minimum Gasteiger partial charge on any atom is -0.268 e. The van der Waals surface area contributed by atoms with Crippen molar-refractivity contribution in [3.63, 3.8) is 0 Å². The fourth-order valence-electron chi connectivity index (χ4n) is 1.17. The summed E-state index contributed by atoms with van der Waals surface area (Å²) >= 11 is 0.890. The minimum absolute atomic E-state index is 0.121. The zero-order valence-corrected chi connectivity index (χ0v) is 8.69. The lowest BCUT2D eigenvalue weighted by Crippen LogP contribution is -2.38. The minimum atomic E-state index is -4.74. The fourth-order valence-corrected chi connectivity index (χ4v) is 1.90. The third kappa shape index (κ3) is 1.60. The van der Waals surface area contributed by atoms with E-state index in [1.54, 1.807) is 6.92 Å². The van der Waals surface area contributed by atoms with Crippen LogP contribution in [0.1, 0.15) is 10.7 Å². The van der Waals surface area contributed by atoms with Gasteiger partial charge < -0.3 is 0 Å². The van der Waals surface area contributed by atoms with Crippen LogP contribution in [0.5, 0.6) is 0 Å². The molecule has 2 heterocycles. The smallest absolute Gasteiger partial charge is 0.268 e. The molecule has 0 N–H and O–H groups in total. The highest BCUT2D eigenvalue weighted by Gasteiger charge is 2.36. The number of hydrogen-bond donors (Lipinski definition) is 0. The fraction of sp³-hybridized carbons (Fsp3) is 0.286. The Morgan fingerprint density at radius 3 is 2.62 bits per heavy atom. The van der Waals surface area contributed by atoms with E-state index in [-0.39, 0.29) is 4.96 Å². The Morgan fingerprint density at radius 2 is 2.06 bits per heavy atom. The summed E-state index contributed by atoms with van der Waals surface area (Å²) in [6, 6.07) is 0. The molecule has 2 radical (unpaired) electrons. The third-order valence-corrected chi connectivity index (χ3v) is 2.64. The van der Waals surface area contributed by atoms with Crippen molar-refractivity contribution >= 4 is 29.6 Å². The number of hydrogen-bond acceptors (Lipinski definition) is 4. The van der Waals surface area contributed by atoms with Gasteiger partial charge >= 0.3 is 6.18 Å². The molecule has 0 aliphatic heterocycles. The second kappa shape index (κ2) is 3.31. The molecule has 2 aromatic rings. The van der Waals surface area contributed by atoms with Gasteiger partial charge in [0.25, 0.3) is 5.56 Å². The first-order valence-electron chi connectivity index (χ1n) is 4.04. The quantitative estimate of drug-likeness (QED) is 0.626. The number of rotatable bonds is 0. The molecule has 2 rings (SSSR count). The van der Waals surface area contributed by atoms with Gasteiger partial charge in [-0.15, -0.1) is 0 Å². The number of nitrogens with zero attached hydrogens (tertiary/aromatic N) is 3. The molecule has 0 unspecified atom stereocenters. The van der Waals surface area contributed by atoms with E-state index in [4.69, 9.17) is 7.85 Å². The number of aromatic nitrogens is 3. The maximum absolute atomic E-state index is 12.5. The van der Waals surface area contributed by atoms with Gasteiger partial charge in [0.15, 0.2) is 0 Å². The summed E-state index contributed by atoms with van der Waals surface area (Å²) in [6.07, 6.45) is -4.74. The van der Waals surface area contributed by atoms with Crippen LogP contribution in [-0.2, 0) is 6.18 Å². The average molecular weight is 245 g/mol. The Balaban J connectivity index is 2.89. The van der Waals surface area contributed by atoms with Gasteiger partial charge in [-0.25, -0.2) is 4.98 Å². The zero-order valence-electron chi connectivity index (χ0n) is 7.87. The van der Waals surface area contributed by atoms with Gasteiger partial charge in [0.05, 0.1) is 0 Å². The molecule has 0 aromatic carbocycles. The number of aryl methyl sites for hydroxylation is 1. The van der Waals surface area contributed by atoms with Crippen LogP contribution in [0.15, 0.2) is 4.79 Å². The van der Waals surface area contributed by atoms with Crippen LogP contribution in [0.2, 0.25) is 0 Å². The summed E-state index contributed by atoms with van der Waals surface area (Å²) in [5, 5.41) is 4.14. The van der Waals surface area contributed by atoms with Gasteiger partial charge in [0, 0.05) is 0 Å². The van der Waals surface area contributed by atoms with Crippen molar-refractivity contribution in [3.05, 3.63) is 21.1 Å². The van der Waals surface area contributed by atoms with Crippen LogP contribution in [0.25, 0.3) is 4.96 Å². The molecule has 0 saturated carbocycles. The molecule has 82 valence electrons. The van der Waals surface area contributed by atoms with Crippen molar-refractivity contribution in [2.24, 2.45) is 0 Å². The third-order valence-electron chi connectivity index (χ3n) is 1.81. The topological polar surface area (TPSA) is 47.3 Å². The van der Waals surface area contributed by atoms with Crippen molar-refractivity contribution in [1.29, 1.82) is 0 Å². The lowest BCUT2D eigenvalue weighted by molar-refractivity contribution is -0.140. The average Bonchev–Trinajstić information content (AvgIpc) is 2.51. The van der Waals surface area contributed by atoms with Gasteiger partial charge in [0.1, 0.15) is 18.5 Å². The van der Waals surface area contributed by atoms with E-state index in [0.717, 1.165) is 15.9 Å². The summed E-state index contributed by atoms with van der Waals surface area (Å²) < 4.78 is 38.1. The summed E-state index contributed by atoms with van der Waals surface area (Å²) in [5.41, 5.74) is -3.29. The van der Waals surface area contributed by atoms with Crippen LogP contribution >= 0.6 is 11.3 Å². The first kappa shape index (κ1) is 11.1. The van der Waals surface area contributed by atoms with Gasteiger partial charge in [-0.05, 0) is 12.4 Å². The maximum Gasteiger partial charge on any atom is 0.433 e. The summed E-state index contributed by atoms with van der Waals surface area (Å²) in [5.74, 6) is 0. The van der Waals surface area contributed by atoms with E-state index in [1.807, 2.05) is 0 Å². The standard InChI is InChI=1S/C7H3BF3N3OS/c1-2-13-14-5(15)3(8)4(7(9,10)11)12-6(14)16-2/h1H3. The summed E-state index contributed by atoms with van der Waals surface area (Å²) in [7, 11) is 5.09. The molecule has 0 bridgehead atoms. The molecule has 16 heavy (non-hydrogen) atoms. The molecule has 0 saturated heterocycles. The van der Waals surface area contributed by atoms with Crippen LogP contribution in [0.4, 0.5) is 13.2 Å². The molecule has 0 amide bonds. The summed E-state index contributed by atoms with van der Waals surface area (Å²) in [6.45, 7) is 1.56. The molecule has 4 nitrogen and oxygen atoms in total. The highest BCUT2D eigenvalue weighted by atomic mass is 32.1. The molecular weight excluding hydrogens is 242 g/mol. The first-order chi connectivity index (χ1) is 7.30. The monoisotopic (exact) mass is 245 g/mol. The van der Waals surface area contributed by atoms with E-state index in [0.29, 0.717) is 5.01 Å². The van der Waals surface area contributed by atoms with E-state index in [1.165, 1.54) is 0 Å². The van der Waals surface area contributed by atoms with Crippen LogP contribution < -0.4 is 11.0 Å². The van der Waals surface area contributed by atoms with E-state index >= 15 is 0 Å². The highest BCUT2D eigenvalue weighted by Crippen LogP contribution is 2.26. The predicted octanol–water partition coefficient (Wildman–Crippen LogP) is 0.272. The van der Waals surface area contributed by atoms with E-state index in [2.05, 4.69) is 10.1 Å². The second-order valence-corrected chi connectivity index (χ2v) is 4.15. The van der Waals surface area contributed by atoms with Gasteiger partial charge in [-0.1, -0.05) is 11.3 Å². The lowest BCUT2D eigenvalue weighted by Gasteiger charge is -2.07. The Kier molecular flexibility index (Phi) is 2.30. The zero-order chi connectivity index (χ0) is 12.1. The summed E-state index contributed by atoms with van der Waals surface area (Å²) in [4.78, 5) is 14.6. The molecule has 0 fully saturated rings. The van der Waals surface area contributed by atoms with Crippen LogP contribution in [0.3, 0.4) is 0 Å². The van der Waals surface area contributed by atoms with Crippen molar-refractivity contribution < 1.29 is 13.2 Å². The van der Waals surface area contributed by atoms with Gasteiger partial charge in [0.2, 0.25) is 4.96 Å². The van der Waals surface area contributed by atoms with E-state index < -0.39 is 22.9 Å². The normalized spacial score (nSPS) is 12.2. The number of halogens is 3. The molecule has 2 aromatic heterocycles.